The van der Waals surface area contributed by atoms with E-state index in [2.05, 4.69) is 10.4 Å². The van der Waals surface area contributed by atoms with Crippen LogP contribution in [0.3, 0.4) is 0 Å². The molecule has 0 fully saturated rings. The molecule has 1 aromatic carbocycles. The number of ketones is 1. The van der Waals surface area contributed by atoms with Crippen LogP contribution in [0.4, 0.5) is 5.69 Å². The van der Waals surface area contributed by atoms with Crippen LogP contribution in [-0.2, 0) is 17.7 Å². The molecule has 0 spiro atoms. The molecule has 0 bridgehead atoms. The Morgan fingerprint density at radius 2 is 2.33 bits per heavy atom. The molecule has 1 aliphatic heterocycles. The highest BCUT2D eigenvalue weighted by molar-refractivity contribution is 6.34. The first-order valence-electron chi connectivity index (χ1n) is 6.79. The highest BCUT2D eigenvalue weighted by Crippen LogP contribution is 2.28. The molecule has 110 valence electrons. The van der Waals surface area contributed by atoms with Crippen LogP contribution in [0, 0.1) is 0 Å². The number of rotatable bonds is 5. The van der Waals surface area contributed by atoms with Crippen molar-refractivity contribution in [2.75, 3.05) is 19.0 Å². The number of halogens is 1. The largest absolute Gasteiger partial charge is 0.383 e. The molecule has 0 saturated carbocycles. The van der Waals surface area contributed by atoms with Crippen molar-refractivity contribution in [3.63, 3.8) is 0 Å². The molecule has 0 aliphatic carbocycles. The van der Waals surface area contributed by atoms with Gasteiger partial charge in [0.15, 0.2) is 0 Å². The van der Waals surface area contributed by atoms with Gasteiger partial charge in [-0.05, 0) is 11.6 Å². The number of para-hydroxylation sites is 1. The van der Waals surface area contributed by atoms with Gasteiger partial charge in [-0.25, -0.2) is 0 Å². The number of nitrogens with one attached hydrogen (secondary N) is 1. The molecule has 0 saturated heterocycles. The number of nitrogens with zero attached hydrogens (tertiary/aromatic N) is 2. The zero-order valence-corrected chi connectivity index (χ0v) is 12.4. The second-order valence-corrected chi connectivity index (χ2v) is 5.39. The predicted molar refractivity (Wildman–Crippen MR) is 81.0 cm³/mol. The molecule has 21 heavy (non-hydrogen) atoms. The lowest BCUT2D eigenvalue weighted by Crippen LogP contribution is -2.30. The Kier molecular flexibility index (Phi) is 3.94. The van der Waals surface area contributed by atoms with Crippen LogP contribution in [0.5, 0.6) is 0 Å². The molecular formula is C15H16ClN3O2. The molecule has 2 heterocycles. The van der Waals surface area contributed by atoms with Crippen LogP contribution in [0.25, 0.3) is 0 Å². The van der Waals surface area contributed by atoms with Gasteiger partial charge in [0.05, 0.1) is 30.4 Å². The maximum absolute atomic E-state index is 12.7. The van der Waals surface area contributed by atoms with E-state index in [1.165, 1.54) is 6.20 Å². The monoisotopic (exact) mass is 305 g/mol. The average Bonchev–Trinajstić information content (AvgIpc) is 3.08. The fourth-order valence-corrected chi connectivity index (χ4v) is 2.81. The van der Waals surface area contributed by atoms with E-state index >= 15 is 0 Å². The Morgan fingerprint density at radius 3 is 3.10 bits per heavy atom. The van der Waals surface area contributed by atoms with Crippen LogP contribution >= 0.6 is 11.6 Å². The number of hydrogen-bond acceptors (Lipinski definition) is 4. The number of aromatic nitrogens is 2. The Balaban J connectivity index is 1.82. The summed E-state index contributed by atoms with van der Waals surface area (Å²) in [4.78, 5) is 12.7. The van der Waals surface area contributed by atoms with Gasteiger partial charge >= 0.3 is 0 Å². The Hall–Kier alpha value is -1.85. The Bertz CT molecular complexity index is 644. The van der Waals surface area contributed by atoms with E-state index in [0.29, 0.717) is 30.3 Å². The molecule has 1 aliphatic rings. The molecule has 5 nitrogen and oxygen atoms in total. The van der Waals surface area contributed by atoms with Gasteiger partial charge in [0.25, 0.3) is 0 Å². The summed E-state index contributed by atoms with van der Waals surface area (Å²) in [6.45, 7) is 0.987. The molecule has 1 aromatic heterocycles. The van der Waals surface area contributed by atoms with Gasteiger partial charge < -0.3 is 10.1 Å². The lowest BCUT2D eigenvalue weighted by atomic mass is 10.0. The van der Waals surface area contributed by atoms with Crippen molar-refractivity contribution in [2.45, 2.75) is 19.0 Å². The average molecular weight is 306 g/mol. The van der Waals surface area contributed by atoms with Gasteiger partial charge in [0.2, 0.25) is 5.78 Å². The minimum absolute atomic E-state index is 0.0372. The maximum atomic E-state index is 12.7. The van der Waals surface area contributed by atoms with Crippen molar-refractivity contribution in [3.05, 3.63) is 46.7 Å². The highest BCUT2D eigenvalue weighted by Gasteiger charge is 2.30. The van der Waals surface area contributed by atoms with E-state index in [0.717, 1.165) is 11.3 Å². The molecule has 0 amide bonds. The summed E-state index contributed by atoms with van der Waals surface area (Å²) in [6.07, 6.45) is 2.17. The van der Waals surface area contributed by atoms with Crippen molar-refractivity contribution in [1.82, 2.24) is 9.78 Å². The van der Waals surface area contributed by atoms with Gasteiger partial charge in [-0.15, -0.1) is 0 Å². The van der Waals surface area contributed by atoms with Gasteiger partial charge in [-0.1, -0.05) is 29.8 Å². The van der Waals surface area contributed by atoms with E-state index in [9.17, 15) is 4.79 Å². The summed E-state index contributed by atoms with van der Waals surface area (Å²) in [5.41, 5.74) is 2.60. The number of hydrogen-bond donors (Lipinski definition) is 1. The molecule has 3 rings (SSSR count). The summed E-state index contributed by atoms with van der Waals surface area (Å²) in [5.74, 6) is -0.0372. The summed E-state index contributed by atoms with van der Waals surface area (Å²) in [7, 11) is 1.61. The van der Waals surface area contributed by atoms with Crippen LogP contribution in [0.2, 0.25) is 5.02 Å². The Morgan fingerprint density at radius 1 is 1.52 bits per heavy atom. The highest BCUT2D eigenvalue weighted by atomic mass is 35.5. The zero-order valence-electron chi connectivity index (χ0n) is 11.7. The molecule has 2 aromatic rings. The SMILES string of the molecule is COCCn1ncc(Cl)c1C(=O)C1Cc2ccccc2N1. The number of carbonyl (C=O) groups is 1. The van der Waals surface area contributed by atoms with Crippen molar-refractivity contribution in [3.8, 4) is 0 Å². The third kappa shape index (κ3) is 2.66. The third-order valence-corrected chi connectivity index (χ3v) is 3.90. The molecule has 1 atom stereocenters. The predicted octanol–water partition coefficient (Wildman–Crippen LogP) is 2.40. The van der Waals surface area contributed by atoms with Crippen LogP contribution in [0.1, 0.15) is 16.1 Å². The maximum Gasteiger partial charge on any atom is 0.204 e. The zero-order chi connectivity index (χ0) is 14.8. The normalized spacial score (nSPS) is 16.6. The van der Waals surface area contributed by atoms with Crippen LogP contribution in [0.15, 0.2) is 30.5 Å². The summed E-state index contributed by atoms with van der Waals surface area (Å²) in [6, 6.07) is 7.64. The molecule has 0 radical (unpaired) electrons. The second-order valence-electron chi connectivity index (χ2n) is 4.98. The van der Waals surface area contributed by atoms with Crippen LogP contribution in [-0.4, -0.2) is 35.3 Å². The van der Waals surface area contributed by atoms with Crippen LogP contribution < -0.4 is 5.32 Å². The first-order valence-corrected chi connectivity index (χ1v) is 7.17. The lowest BCUT2D eigenvalue weighted by Gasteiger charge is -2.12. The standard InChI is InChI=1S/C15H16ClN3O2/c1-21-7-6-19-14(11(16)9-17-19)15(20)13-8-10-4-2-3-5-12(10)18-13/h2-5,9,13,18H,6-8H2,1H3. The molecule has 1 unspecified atom stereocenters. The number of anilines is 1. The summed E-state index contributed by atoms with van der Waals surface area (Å²) < 4.78 is 6.65. The van der Waals surface area contributed by atoms with Gasteiger partial charge in [-0.3, -0.25) is 9.48 Å². The van der Waals surface area contributed by atoms with Crippen molar-refractivity contribution in [1.29, 1.82) is 0 Å². The number of fused-ring (bicyclic) bond motifs is 1. The number of benzene rings is 1. The summed E-state index contributed by atoms with van der Waals surface area (Å²) in [5, 5.41) is 7.79. The van der Waals surface area contributed by atoms with E-state index in [1.54, 1.807) is 11.8 Å². The van der Waals surface area contributed by atoms with E-state index in [1.807, 2.05) is 24.3 Å². The number of ether oxygens (including phenoxy) is 1. The van der Waals surface area contributed by atoms with Gasteiger partial charge in [0, 0.05) is 19.2 Å². The van der Waals surface area contributed by atoms with Gasteiger partial charge in [-0.2, -0.15) is 5.10 Å². The summed E-state index contributed by atoms with van der Waals surface area (Å²) >= 11 is 6.14. The van der Waals surface area contributed by atoms with E-state index in [4.69, 9.17) is 16.3 Å². The quantitative estimate of drug-likeness (QED) is 0.862. The topological polar surface area (TPSA) is 56.2 Å². The first kappa shape index (κ1) is 14.1. The lowest BCUT2D eigenvalue weighted by molar-refractivity contribution is 0.0957. The molecule has 6 heteroatoms. The molecule has 1 N–H and O–H groups in total. The second kappa shape index (κ2) is 5.87. The number of methoxy groups -OCH3 is 1. The van der Waals surface area contributed by atoms with Gasteiger partial charge in [0.1, 0.15) is 5.69 Å². The van der Waals surface area contributed by atoms with E-state index < -0.39 is 0 Å². The minimum Gasteiger partial charge on any atom is -0.383 e. The Labute approximate surface area is 127 Å². The smallest absolute Gasteiger partial charge is 0.204 e. The van der Waals surface area contributed by atoms with Crippen molar-refractivity contribution >= 4 is 23.1 Å². The number of Topliss-reactive ketones (excluding diaryl/α,β-unsaturated/α-hetero) is 1. The molecular weight excluding hydrogens is 290 g/mol. The first-order chi connectivity index (χ1) is 10.2. The fraction of sp³-hybridized carbons (Fsp3) is 0.333. The minimum atomic E-state index is -0.294. The van der Waals surface area contributed by atoms with Crippen molar-refractivity contribution in [2.24, 2.45) is 0 Å². The number of carbonyl (C=O) groups excluding carboxylic acids is 1. The van der Waals surface area contributed by atoms with Crippen molar-refractivity contribution < 1.29 is 9.53 Å². The fourth-order valence-electron chi connectivity index (χ4n) is 2.58. The van der Waals surface area contributed by atoms with E-state index in [-0.39, 0.29) is 11.8 Å². The third-order valence-electron chi connectivity index (χ3n) is 3.62.